The Bertz CT molecular complexity index is 1580. The molecule has 1 aromatic carbocycles. The smallest absolute Gasteiger partial charge is 0.338 e. The van der Waals surface area contributed by atoms with Gasteiger partial charge in [-0.05, 0) is 51.5 Å². The molecule has 202 valence electrons. The van der Waals surface area contributed by atoms with E-state index in [1.54, 1.807) is 44.8 Å². The van der Waals surface area contributed by atoms with Crippen LogP contribution in [0.5, 0.6) is 11.5 Å². The van der Waals surface area contributed by atoms with Crippen LogP contribution in [0, 0.1) is 13.8 Å². The molecule has 4 rings (SSSR count). The van der Waals surface area contributed by atoms with Crippen LogP contribution in [-0.4, -0.2) is 49.6 Å². The van der Waals surface area contributed by atoms with Crippen LogP contribution < -0.4 is 24.4 Å². The molecule has 3 aromatic rings. The summed E-state index contributed by atoms with van der Waals surface area (Å²) in [6, 6.07) is 6.66. The van der Waals surface area contributed by atoms with Crippen LogP contribution in [0.1, 0.15) is 42.4 Å². The van der Waals surface area contributed by atoms with E-state index < -0.39 is 12.0 Å². The fourth-order valence-electron chi connectivity index (χ4n) is 4.85. The van der Waals surface area contributed by atoms with Crippen LogP contribution in [0.3, 0.4) is 0 Å². The van der Waals surface area contributed by atoms with Crippen LogP contribution in [0.25, 0.3) is 6.08 Å². The van der Waals surface area contributed by atoms with Crippen molar-refractivity contribution in [2.45, 2.75) is 40.3 Å². The number of fused-ring (bicyclic) bond motifs is 1. The standard InChI is InChI=1S/C28H33N3O6S/c1-8-37-27(33)23-17(3)29-28-31(24(23)20-10-9-11-21(35-6)25(20)36-7)26(32)22(38-28)15-19-14-16(2)30(18(19)4)12-13-34-5/h9-11,14-15,24H,8,12-13H2,1-7H3/t24-/m0/s1. The number of aromatic nitrogens is 2. The van der Waals surface area contributed by atoms with E-state index in [1.807, 2.05) is 26.0 Å². The summed E-state index contributed by atoms with van der Waals surface area (Å²) in [5.41, 5.74) is 4.20. The maximum atomic E-state index is 14.0. The SMILES string of the molecule is CCOC(=O)C1=C(C)N=c2sc(=Cc3cc(C)n(CCOC)c3C)c(=O)n2[C@H]1c1cccc(OC)c1OC. The van der Waals surface area contributed by atoms with Gasteiger partial charge in [0, 0.05) is 30.6 Å². The van der Waals surface area contributed by atoms with E-state index in [4.69, 9.17) is 18.9 Å². The highest BCUT2D eigenvalue weighted by Gasteiger charge is 2.35. The van der Waals surface area contributed by atoms with Gasteiger partial charge in [-0.2, -0.15) is 0 Å². The Morgan fingerprint density at radius 3 is 2.58 bits per heavy atom. The van der Waals surface area contributed by atoms with E-state index in [2.05, 4.69) is 15.6 Å². The molecule has 2 aromatic heterocycles. The van der Waals surface area contributed by atoms with Crippen molar-refractivity contribution in [1.29, 1.82) is 0 Å². The normalized spacial score (nSPS) is 15.3. The minimum Gasteiger partial charge on any atom is -0.493 e. The van der Waals surface area contributed by atoms with E-state index in [-0.39, 0.29) is 17.7 Å². The quantitative estimate of drug-likeness (QED) is 0.388. The van der Waals surface area contributed by atoms with Gasteiger partial charge in [0.05, 0.1) is 43.2 Å². The molecule has 0 bridgehead atoms. The molecule has 0 saturated heterocycles. The van der Waals surface area contributed by atoms with Crippen molar-refractivity contribution < 1.29 is 23.7 Å². The highest BCUT2D eigenvalue weighted by molar-refractivity contribution is 7.07. The highest BCUT2D eigenvalue weighted by Crippen LogP contribution is 2.40. The van der Waals surface area contributed by atoms with Gasteiger partial charge in [0.1, 0.15) is 6.04 Å². The maximum absolute atomic E-state index is 14.0. The number of rotatable bonds is 9. The fraction of sp³-hybridized carbons (Fsp3) is 0.393. The predicted octanol–water partition coefficient (Wildman–Crippen LogP) is 2.88. The van der Waals surface area contributed by atoms with Crippen molar-refractivity contribution >= 4 is 23.4 Å². The molecule has 0 radical (unpaired) electrons. The number of ether oxygens (including phenoxy) is 4. The lowest BCUT2D eigenvalue weighted by molar-refractivity contribution is -0.139. The minimum atomic E-state index is -0.799. The lowest BCUT2D eigenvalue weighted by Gasteiger charge is -2.26. The third kappa shape index (κ3) is 4.81. The molecule has 1 aliphatic rings. The summed E-state index contributed by atoms with van der Waals surface area (Å²) in [7, 11) is 4.75. The number of methoxy groups -OCH3 is 3. The second kappa shape index (κ2) is 11.4. The van der Waals surface area contributed by atoms with Crippen molar-refractivity contribution in [3.05, 3.63) is 77.7 Å². The van der Waals surface area contributed by atoms with Gasteiger partial charge < -0.3 is 23.5 Å². The first-order valence-corrected chi connectivity index (χ1v) is 13.1. The third-order valence-corrected chi connectivity index (χ3v) is 7.65. The van der Waals surface area contributed by atoms with Crippen LogP contribution >= 0.6 is 11.3 Å². The van der Waals surface area contributed by atoms with Crippen molar-refractivity contribution in [2.24, 2.45) is 4.99 Å². The molecular weight excluding hydrogens is 506 g/mol. The Labute approximate surface area is 225 Å². The molecule has 38 heavy (non-hydrogen) atoms. The number of carbonyl (C=O) groups is 1. The minimum absolute atomic E-state index is 0.195. The largest absolute Gasteiger partial charge is 0.493 e. The average molecular weight is 540 g/mol. The summed E-state index contributed by atoms with van der Waals surface area (Å²) in [4.78, 5) is 32.3. The summed E-state index contributed by atoms with van der Waals surface area (Å²) < 4.78 is 26.1. The van der Waals surface area contributed by atoms with E-state index in [1.165, 1.54) is 18.4 Å². The first kappa shape index (κ1) is 27.4. The molecule has 9 nitrogen and oxygen atoms in total. The predicted molar refractivity (Wildman–Crippen MR) is 146 cm³/mol. The third-order valence-electron chi connectivity index (χ3n) is 6.66. The van der Waals surface area contributed by atoms with Gasteiger partial charge in [-0.1, -0.05) is 23.5 Å². The lowest BCUT2D eigenvalue weighted by atomic mass is 9.94. The Hall–Kier alpha value is -3.63. The Balaban J connectivity index is 1.97. The maximum Gasteiger partial charge on any atom is 0.338 e. The molecule has 1 aliphatic heterocycles. The van der Waals surface area contributed by atoms with Gasteiger partial charge in [0.25, 0.3) is 5.56 Å². The molecule has 0 saturated carbocycles. The van der Waals surface area contributed by atoms with E-state index in [0.29, 0.717) is 38.7 Å². The number of thiazole rings is 1. The molecule has 10 heteroatoms. The van der Waals surface area contributed by atoms with Crippen LogP contribution in [0.2, 0.25) is 0 Å². The number of para-hydroxylation sites is 1. The second-order valence-corrected chi connectivity index (χ2v) is 9.87. The van der Waals surface area contributed by atoms with Gasteiger partial charge in [0.2, 0.25) is 0 Å². The fourth-order valence-corrected chi connectivity index (χ4v) is 5.89. The second-order valence-electron chi connectivity index (χ2n) is 8.86. The van der Waals surface area contributed by atoms with Gasteiger partial charge >= 0.3 is 5.97 Å². The number of esters is 1. The summed E-state index contributed by atoms with van der Waals surface area (Å²) in [6.07, 6.45) is 1.89. The summed E-state index contributed by atoms with van der Waals surface area (Å²) in [6.45, 7) is 9.07. The molecule has 0 aliphatic carbocycles. The molecule has 1 atom stereocenters. The van der Waals surface area contributed by atoms with E-state index >= 15 is 0 Å². The molecular formula is C28H33N3O6S. The number of carbonyl (C=O) groups excluding carboxylic acids is 1. The zero-order valence-corrected chi connectivity index (χ0v) is 23.6. The van der Waals surface area contributed by atoms with Crippen molar-refractivity contribution in [1.82, 2.24) is 9.13 Å². The summed E-state index contributed by atoms with van der Waals surface area (Å²) in [5.74, 6) is 0.404. The van der Waals surface area contributed by atoms with Gasteiger partial charge in [-0.15, -0.1) is 0 Å². The molecule has 0 N–H and O–H groups in total. The molecule has 0 amide bonds. The van der Waals surface area contributed by atoms with Gasteiger partial charge in [0.15, 0.2) is 16.3 Å². The van der Waals surface area contributed by atoms with Crippen LogP contribution in [0.4, 0.5) is 0 Å². The van der Waals surface area contributed by atoms with Gasteiger partial charge in [-0.3, -0.25) is 9.36 Å². The van der Waals surface area contributed by atoms with Gasteiger partial charge in [-0.25, -0.2) is 9.79 Å². The lowest BCUT2D eigenvalue weighted by Crippen LogP contribution is -2.40. The number of benzene rings is 1. The van der Waals surface area contributed by atoms with Crippen molar-refractivity contribution in [3.63, 3.8) is 0 Å². The highest BCUT2D eigenvalue weighted by atomic mass is 32.1. The topological polar surface area (TPSA) is 93.3 Å². The molecule has 3 heterocycles. The zero-order valence-electron chi connectivity index (χ0n) is 22.8. The first-order valence-electron chi connectivity index (χ1n) is 12.3. The van der Waals surface area contributed by atoms with Crippen LogP contribution in [-0.2, 0) is 20.8 Å². The van der Waals surface area contributed by atoms with Crippen LogP contribution in [0.15, 0.2) is 45.3 Å². The Morgan fingerprint density at radius 1 is 1.16 bits per heavy atom. The number of nitrogens with zero attached hydrogens (tertiary/aromatic N) is 3. The van der Waals surface area contributed by atoms with Crippen molar-refractivity contribution in [3.8, 4) is 11.5 Å². The van der Waals surface area contributed by atoms with E-state index in [9.17, 15) is 9.59 Å². The van der Waals surface area contributed by atoms with E-state index in [0.717, 1.165) is 23.5 Å². The molecule has 0 unspecified atom stereocenters. The Kier molecular flexibility index (Phi) is 8.23. The number of allylic oxidation sites excluding steroid dienone is 1. The zero-order chi connectivity index (χ0) is 27.6. The summed E-state index contributed by atoms with van der Waals surface area (Å²) >= 11 is 1.29. The first-order chi connectivity index (χ1) is 18.3. The van der Waals surface area contributed by atoms with Crippen molar-refractivity contribution in [2.75, 3.05) is 34.5 Å². The average Bonchev–Trinajstić information content (AvgIpc) is 3.35. The number of hydrogen-bond acceptors (Lipinski definition) is 8. The summed E-state index contributed by atoms with van der Waals surface area (Å²) in [5, 5.41) is 0. The molecule has 0 fully saturated rings. The number of hydrogen-bond donors (Lipinski definition) is 0. The molecule has 0 spiro atoms. The monoisotopic (exact) mass is 539 g/mol. The number of aryl methyl sites for hydroxylation is 1. The Morgan fingerprint density at radius 2 is 1.92 bits per heavy atom.